The summed E-state index contributed by atoms with van der Waals surface area (Å²) in [4.78, 5) is 4.53. The summed E-state index contributed by atoms with van der Waals surface area (Å²) in [7, 11) is 0. The third kappa shape index (κ3) is 2.93. The Morgan fingerprint density at radius 2 is 1.90 bits per heavy atom. The van der Waals surface area contributed by atoms with Crippen molar-refractivity contribution >= 4 is 39.2 Å². The van der Waals surface area contributed by atoms with Gasteiger partial charge in [-0.25, -0.2) is 0 Å². The number of aromatic nitrogens is 1. The molecule has 0 atom stereocenters. The van der Waals surface area contributed by atoms with Crippen LogP contribution < -0.4 is 5.32 Å². The Bertz CT molecular complexity index is 753. The van der Waals surface area contributed by atoms with Gasteiger partial charge in [0, 0.05) is 26.9 Å². The molecule has 0 radical (unpaired) electrons. The highest BCUT2D eigenvalue weighted by Gasteiger charge is 2.00. The lowest BCUT2D eigenvalue weighted by Crippen LogP contribution is -2.00. The molecule has 100 valence electrons. The molecule has 0 bridgehead atoms. The zero-order chi connectivity index (χ0) is 13.9. The number of nitrogens with one attached hydrogen (secondary N) is 1. The molecule has 0 aliphatic carbocycles. The first-order chi connectivity index (χ1) is 9.72. The first-order valence-corrected chi connectivity index (χ1v) is 7.65. The highest BCUT2D eigenvalue weighted by atomic mass is 127. The summed E-state index contributed by atoms with van der Waals surface area (Å²) >= 11 is 2.35. The molecule has 0 fully saturated rings. The first-order valence-electron chi connectivity index (χ1n) is 6.57. The number of fused-ring (bicyclic) bond motifs is 1. The van der Waals surface area contributed by atoms with Crippen molar-refractivity contribution in [3.8, 4) is 0 Å². The van der Waals surface area contributed by atoms with Gasteiger partial charge < -0.3 is 5.32 Å². The van der Waals surface area contributed by atoms with Crippen molar-refractivity contribution in [2.45, 2.75) is 13.5 Å². The van der Waals surface area contributed by atoms with Gasteiger partial charge in [0.25, 0.3) is 0 Å². The van der Waals surface area contributed by atoms with Gasteiger partial charge in [0.05, 0.1) is 5.52 Å². The van der Waals surface area contributed by atoms with E-state index in [-0.39, 0.29) is 0 Å². The van der Waals surface area contributed by atoms with Crippen molar-refractivity contribution in [2.24, 2.45) is 0 Å². The summed E-state index contributed by atoms with van der Waals surface area (Å²) < 4.78 is 1.24. The molecule has 1 heterocycles. The molecule has 3 heteroatoms. The lowest BCUT2D eigenvalue weighted by atomic mass is 10.1. The maximum Gasteiger partial charge on any atom is 0.0705 e. The number of pyridine rings is 1. The van der Waals surface area contributed by atoms with Crippen LogP contribution in [0.4, 0.5) is 5.69 Å². The second-order valence-corrected chi connectivity index (χ2v) is 5.98. The Balaban J connectivity index is 1.81. The highest BCUT2D eigenvalue weighted by molar-refractivity contribution is 14.1. The first kappa shape index (κ1) is 13.4. The minimum Gasteiger partial charge on any atom is -0.380 e. The summed E-state index contributed by atoms with van der Waals surface area (Å²) in [5.41, 5.74) is 4.56. The highest BCUT2D eigenvalue weighted by Crippen LogP contribution is 2.19. The zero-order valence-corrected chi connectivity index (χ0v) is 13.4. The van der Waals surface area contributed by atoms with Crippen molar-refractivity contribution in [1.29, 1.82) is 0 Å². The molecule has 1 aromatic heterocycles. The number of halogens is 1. The standard InChI is InChI=1S/C17H15IN2/c1-12-6-8-14-10-13(7-9-16(14)20-12)11-19-17-5-3-2-4-15(17)18/h2-10,19H,11H2,1H3. The second kappa shape index (κ2) is 5.79. The number of benzene rings is 2. The van der Waals surface area contributed by atoms with E-state index < -0.39 is 0 Å². The molecule has 0 saturated heterocycles. The predicted molar refractivity (Wildman–Crippen MR) is 93.0 cm³/mol. The summed E-state index contributed by atoms with van der Waals surface area (Å²) in [6.45, 7) is 2.84. The maximum atomic E-state index is 4.53. The van der Waals surface area contributed by atoms with Crippen LogP contribution in [0.2, 0.25) is 0 Å². The van der Waals surface area contributed by atoms with Gasteiger partial charge in [-0.3, -0.25) is 4.98 Å². The van der Waals surface area contributed by atoms with Gasteiger partial charge in [-0.15, -0.1) is 0 Å². The fourth-order valence-electron chi connectivity index (χ4n) is 2.19. The van der Waals surface area contributed by atoms with Crippen LogP contribution in [0.25, 0.3) is 10.9 Å². The molecule has 0 spiro atoms. The van der Waals surface area contributed by atoms with E-state index in [2.05, 4.69) is 87.5 Å². The molecule has 0 saturated carbocycles. The Morgan fingerprint density at radius 3 is 2.75 bits per heavy atom. The van der Waals surface area contributed by atoms with Crippen LogP contribution in [-0.2, 0) is 6.54 Å². The van der Waals surface area contributed by atoms with Gasteiger partial charge >= 0.3 is 0 Å². The topological polar surface area (TPSA) is 24.9 Å². The summed E-state index contributed by atoms with van der Waals surface area (Å²) in [6.07, 6.45) is 0. The maximum absolute atomic E-state index is 4.53. The van der Waals surface area contributed by atoms with Crippen molar-refractivity contribution < 1.29 is 0 Å². The van der Waals surface area contributed by atoms with Gasteiger partial charge in [0.1, 0.15) is 0 Å². The normalized spacial score (nSPS) is 10.7. The Labute approximate surface area is 132 Å². The van der Waals surface area contributed by atoms with E-state index in [1.54, 1.807) is 0 Å². The van der Waals surface area contributed by atoms with Crippen molar-refractivity contribution in [2.75, 3.05) is 5.32 Å². The van der Waals surface area contributed by atoms with E-state index >= 15 is 0 Å². The number of aryl methyl sites for hydroxylation is 1. The number of hydrogen-bond donors (Lipinski definition) is 1. The third-order valence-electron chi connectivity index (χ3n) is 3.25. The quantitative estimate of drug-likeness (QED) is 0.669. The summed E-state index contributed by atoms with van der Waals surface area (Å²) in [6, 6.07) is 18.9. The van der Waals surface area contributed by atoms with Crippen molar-refractivity contribution in [3.63, 3.8) is 0 Å². The number of nitrogens with zero attached hydrogens (tertiary/aromatic N) is 1. The van der Waals surface area contributed by atoms with Gasteiger partial charge in [-0.05, 0) is 65.4 Å². The molecular formula is C17H15IN2. The van der Waals surface area contributed by atoms with E-state index in [9.17, 15) is 0 Å². The van der Waals surface area contributed by atoms with Gasteiger partial charge in [0.15, 0.2) is 0 Å². The smallest absolute Gasteiger partial charge is 0.0705 e. The predicted octanol–water partition coefficient (Wildman–Crippen LogP) is 4.76. The SMILES string of the molecule is Cc1ccc2cc(CNc3ccccc3I)ccc2n1. The molecule has 3 aromatic rings. The second-order valence-electron chi connectivity index (χ2n) is 4.81. The molecular weight excluding hydrogens is 359 g/mol. The van der Waals surface area contributed by atoms with Gasteiger partial charge in [0.2, 0.25) is 0 Å². The van der Waals surface area contributed by atoms with Crippen LogP contribution >= 0.6 is 22.6 Å². The van der Waals surface area contributed by atoms with Crippen LogP contribution in [0.5, 0.6) is 0 Å². The van der Waals surface area contributed by atoms with Crippen LogP contribution in [0.1, 0.15) is 11.3 Å². The molecule has 1 N–H and O–H groups in total. The van der Waals surface area contributed by atoms with E-state index in [4.69, 9.17) is 0 Å². The fourth-order valence-corrected chi connectivity index (χ4v) is 2.77. The average Bonchev–Trinajstić information content (AvgIpc) is 2.46. The largest absolute Gasteiger partial charge is 0.380 e. The lowest BCUT2D eigenvalue weighted by Gasteiger charge is -2.09. The molecule has 0 aliphatic rings. The monoisotopic (exact) mass is 374 g/mol. The zero-order valence-electron chi connectivity index (χ0n) is 11.2. The molecule has 20 heavy (non-hydrogen) atoms. The Kier molecular flexibility index (Phi) is 3.87. The molecule has 0 unspecified atom stereocenters. The fraction of sp³-hybridized carbons (Fsp3) is 0.118. The van der Waals surface area contributed by atoms with E-state index in [1.165, 1.54) is 20.2 Å². The van der Waals surface area contributed by atoms with Crippen LogP contribution in [0, 0.1) is 10.5 Å². The molecule has 0 amide bonds. The number of rotatable bonds is 3. The van der Waals surface area contributed by atoms with Crippen LogP contribution in [-0.4, -0.2) is 4.98 Å². The van der Waals surface area contributed by atoms with Crippen LogP contribution in [0.3, 0.4) is 0 Å². The molecule has 3 rings (SSSR count). The lowest BCUT2D eigenvalue weighted by molar-refractivity contribution is 1.15. The number of anilines is 1. The Hall–Kier alpha value is -1.62. The van der Waals surface area contributed by atoms with Crippen molar-refractivity contribution in [1.82, 2.24) is 4.98 Å². The average molecular weight is 374 g/mol. The van der Waals surface area contributed by atoms with E-state index in [0.717, 1.165) is 17.8 Å². The van der Waals surface area contributed by atoms with Crippen LogP contribution in [0.15, 0.2) is 54.6 Å². The summed E-state index contributed by atoms with van der Waals surface area (Å²) in [5.74, 6) is 0. The van der Waals surface area contributed by atoms with E-state index in [1.807, 2.05) is 6.92 Å². The summed E-state index contributed by atoms with van der Waals surface area (Å²) in [5, 5.41) is 4.67. The molecule has 0 aliphatic heterocycles. The van der Waals surface area contributed by atoms with Gasteiger partial charge in [-0.1, -0.05) is 24.3 Å². The number of para-hydroxylation sites is 1. The minimum atomic E-state index is 0.823. The van der Waals surface area contributed by atoms with E-state index in [0.29, 0.717) is 0 Å². The molecule has 2 aromatic carbocycles. The number of hydrogen-bond acceptors (Lipinski definition) is 2. The minimum absolute atomic E-state index is 0.823. The van der Waals surface area contributed by atoms with Crippen molar-refractivity contribution in [3.05, 3.63) is 69.4 Å². The third-order valence-corrected chi connectivity index (χ3v) is 4.19. The Morgan fingerprint density at radius 1 is 1.05 bits per heavy atom. The van der Waals surface area contributed by atoms with Gasteiger partial charge in [-0.2, -0.15) is 0 Å². The molecule has 2 nitrogen and oxygen atoms in total.